The third kappa shape index (κ3) is 3.07. The minimum absolute atomic E-state index is 0.0164. The lowest BCUT2D eigenvalue weighted by Gasteiger charge is -2.21. The van der Waals surface area contributed by atoms with Crippen LogP contribution in [0.1, 0.15) is 6.42 Å². The molecule has 2 rings (SSSR count). The molecule has 1 fully saturated rings. The van der Waals surface area contributed by atoms with Crippen LogP contribution in [-0.4, -0.2) is 45.8 Å². The molecule has 0 saturated carbocycles. The van der Waals surface area contributed by atoms with Gasteiger partial charge in [-0.05, 0) is 34.1 Å². The van der Waals surface area contributed by atoms with E-state index in [0.717, 1.165) is 11.0 Å². The third-order valence-electron chi connectivity index (χ3n) is 3.00. The molecule has 1 heterocycles. The molecule has 1 aliphatic rings. The molecule has 20 heavy (non-hydrogen) atoms. The number of amides is 2. The maximum Gasteiger partial charge on any atom is 0.326 e. The maximum absolute atomic E-state index is 13.3. The van der Waals surface area contributed by atoms with Crippen LogP contribution >= 0.6 is 15.9 Å². The number of anilines is 1. The van der Waals surface area contributed by atoms with Gasteiger partial charge in [0.15, 0.2) is 0 Å². The van der Waals surface area contributed by atoms with Crippen molar-refractivity contribution in [2.45, 2.75) is 18.6 Å². The van der Waals surface area contributed by atoms with Crippen LogP contribution in [0.25, 0.3) is 0 Å². The average molecular weight is 347 g/mol. The molecular weight excluding hydrogens is 335 g/mol. The number of aliphatic hydroxyl groups excluding tert-OH is 1. The van der Waals surface area contributed by atoms with Gasteiger partial charge >= 0.3 is 12.0 Å². The van der Waals surface area contributed by atoms with E-state index in [1.54, 1.807) is 0 Å². The smallest absolute Gasteiger partial charge is 0.326 e. The van der Waals surface area contributed by atoms with Crippen LogP contribution in [0, 0.1) is 5.82 Å². The molecule has 1 saturated heterocycles. The summed E-state index contributed by atoms with van der Waals surface area (Å²) in [5, 5.41) is 20.9. The van der Waals surface area contributed by atoms with Crippen LogP contribution in [0.5, 0.6) is 0 Å². The number of nitrogens with zero attached hydrogens (tertiary/aromatic N) is 1. The molecule has 0 bridgehead atoms. The van der Waals surface area contributed by atoms with Crippen molar-refractivity contribution >= 4 is 33.6 Å². The molecule has 2 amide bonds. The Kier molecular flexibility index (Phi) is 4.24. The molecule has 6 nitrogen and oxygen atoms in total. The molecule has 0 spiro atoms. The number of aliphatic carboxylic acids is 1. The lowest BCUT2D eigenvalue weighted by Crippen LogP contribution is -2.43. The summed E-state index contributed by atoms with van der Waals surface area (Å²) in [6.07, 6.45) is -0.888. The van der Waals surface area contributed by atoms with Gasteiger partial charge in [0, 0.05) is 18.7 Å². The highest BCUT2D eigenvalue weighted by Gasteiger charge is 2.39. The number of nitrogens with one attached hydrogen (secondary N) is 1. The number of hydrogen-bond acceptors (Lipinski definition) is 3. The first-order valence-electron chi connectivity index (χ1n) is 5.82. The van der Waals surface area contributed by atoms with E-state index < -0.39 is 30.0 Å². The Morgan fingerprint density at radius 3 is 2.75 bits per heavy atom. The Morgan fingerprint density at radius 1 is 1.45 bits per heavy atom. The van der Waals surface area contributed by atoms with Gasteiger partial charge in [0.1, 0.15) is 11.9 Å². The number of carbonyl (C=O) groups excluding carboxylic acids is 1. The predicted octanol–water partition coefficient (Wildman–Crippen LogP) is 1.64. The quantitative estimate of drug-likeness (QED) is 0.759. The Bertz CT molecular complexity index is 554. The van der Waals surface area contributed by atoms with Crippen molar-refractivity contribution in [3.63, 3.8) is 0 Å². The maximum atomic E-state index is 13.3. The highest BCUT2D eigenvalue weighted by molar-refractivity contribution is 9.10. The van der Waals surface area contributed by atoms with Crippen LogP contribution in [0.2, 0.25) is 0 Å². The van der Waals surface area contributed by atoms with Gasteiger partial charge in [-0.2, -0.15) is 0 Å². The van der Waals surface area contributed by atoms with Crippen molar-refractivity contribution in [2.75, 3.05) is 11.9 Å². The second-order valence-corrected chi connectivity index (χ2v) is 5.31. The highest BCUT2D eigenvalue weighted by Crippen LogP contribution is 2.22. The second-order valence-electron chi connectivity index (χ2n) is 4.45. The van der Waals surface area contributed by atoms with Gasteiger partial charge in [-0.15, -0.1) is 0 Å². The summed E-state index contributed by atoms with van der Waals surface area (Å²) in [6, 6.07) is 2.26. The number of likely N-dealkylation sites (tertiary alicyclic amines) is 1. The Balaban J connectivity index is 2.11. The normalized spacial score (nSPS) is 21.9. The summed E-state index contributed by atoms with van der Waals surface area (Å²) < 4.78 is 13.6. The molecule has 0 aliphatic carbocycles. The van der Waals surface area contributed by atoms with Gasteiger partial charge in [0.05, 0.1) is 10.6 Å². The van der Waals surface area contributed by atoms with Crippen LogP contribution in [-0.2, 0) is 4.79 Å². The lowest BCUT2D eigenvalue weighted by atomic mass is 10.2. The molecule has 0 radical (unpaired) electrons. The standard InChI is InChI=1S/C12H12BrFN2O4/c13-8-2-1-6(3-9(8)14)15-12(20)16-5-7(17)4-10(16)11(18)19/h1-3,7,10,17H,4-5H2,(H,15,20)(H,18,19)/t7-,10-/m0/s1. The first kappa shape index (κ1) is 14.7. The average Bonchev–Trinajstić information content (AvgIpc) is 2.76. The zero-order valence-electron chi connectivity index (χ0n) is 10.2. The van der Waals surface area contributed by atoms with Crippen LogP contribution in [0.15, 0.2) is 22.7 Å². The second kappa shape index (κ2) is 5.76. The molecule has 3 N–H and O–H groups in total. The number of urea groups is 1. The van der Waals surface area contributed by atoms with Crippen molar-refractivity contribution in [3.05, 3.63) is 28.5 Å². The fraction of sp³-hybridized carbons (Fsp3) is 0.333. The topological polar surface area (TPSA) is 89.9 Å². The SMILES string of the molecule is O=C(O)[C@@H]1C[C@H](O)CN1C(=O)Nc1ccc(Br)c(F)c1. The summed E-state index contributed by atoms with van der Waals surface area (Å²) in [7, 11) is 0. The van der Waals surface area contributed by atoms with E-state index in [1.165, 1.54) is 12.1 Å². The van der Waals surface area contributed by atoms with E-state index in [4.69, 9.17) is 5.11 Å². The molecule has 1 aromatic rings. The fourth-order valence-corrected chi connectivity index (χ4v) is 2.29. The minimum Gasteiger partial charge on any atom is -0.480 e. The van der Waals surface area contributed by atoms with Crippen molar-refractivity contribution in [1.29, 1.82) is 0 Å². The number of halogens is 2. The predicted molar refractivity (Wildman–Crippen MR) is 71.9 cm³/mol. The van der Waals surface area contributed by atoms with Crippen LogP contribution in [0.4, 0.5) is 14.9 Å². The Morgan fingerprint density at radius 2 is 2.15 bits per heavy atom. The number of β-amino-alcohol motifs (C(OH)–C–C–N with tert-alkyl or cyclic N) is 1. The van der Waals surface area contributed by atoms with Gasteiger partial charge in [-0.25, -0.2) is 14.0 Å². The van der Waals surface area contributed by atoms with Gasteiger partial charge in [0.25, 0.3) is 0 Å². The summed E-state index contributed by atoms with van der Waals surface area (Å²) >= 11 is 2.99. The first-order valence-corrected chi connectivity index (χ1v) is 6.61. The van der Waals surface area contributed by atoms with Gasteiger partial charge < -0.3 is 20.4 Å². The molecule has 8 heteroatoms. The van der Waals surface area contributed by atoms with Crippen molar-refractivity contribution in [2.24, 2.45) is 0 Å². The van der Waals surface area contributed by atoms with E-state index in [0.29, 0.717) is 0 Å². The molecule has 1 aromatic carbocycles. The lowest BCUT2D eigenvalue weighted by molar-refractivity contribution is -0.141. The largest absolute Gasteiger partial charge is 0.480 e. The van der Waals surface area contributed by atoms with Crippen molar-refractivity contribution in [3.8, 4) is 0 Å². The van der Waals surface area contributed by atoms with E-state index in [2.05, 4.69) is 21.2 Å². The Hall–Kier alpha value is -1.67. The molecule has 0 aromatic heterocycles. The number of carbonyl (C=O) groups is 2. The number of carboxylic acids is 1. The number of carboxylic acid groups (broad SMARTS) is 1. The van der Waals surface area contributed by atoms with Gasteiger partial charge in [-0.3, -0.25) is 0 Å². The summed E-state index contributed by atoms with van der Waals surface area (Å²) in [5.41, 5.74) is 0.209. The number of benzene rings is 1. The molecular formula is C12H12BrFN2O4. The first-order chi connectivity index (χ1) is 9.38. The van der Waals surface area contributed by atoms with E-state index in [9.17, 15) is 19.1 Å². The molecule has 1 aliphatic heterocycles. The summed E-state index contributed by atoms with van der Waals surface area (Å²) in [6.45, 7) is -0.0676. The monoisotopic (exact) mass is 346 g/mol. The number of rotatable bonds is 2. The highest BCUT2D eigenvalue weighted by atomic mass is 79.9. The number of aliphatic hydroxyl groups is 1. The number of hydrogen-bond donors (Lipinski definition) is 3. The van der Waals surface area contributed by atoms with Crippen LogP contribution < -0.4 is 5.32 Å². The van der Waals surface area contributed by atoms with Gasteiger partial charge in [0.2, 0.25) is 0 Å². The van der Waals surface area contributed by atoms with Gasteiger partial charge in [-0.1, -0.05) is 0 Å². The third-order valence-corrected chi connectivity index (χ3v) is 3.64. The fourth-order valence-electron chi connectivity index (χ4n) is 2.04. The molecule has 2 atom stereocenters. The zero-order chi connectivity index (χ0) is 14.9. The van der Waals surface area contributed by atoms with E-state index in [-0.39, 0.29) is 23.1 Å². The van der Waals surface area contributed by atoms with Crippen molar-refractivity contribution < 1.29 is 24.2 Å². The zero-order valence-corrected chi connectivity index (χ0v) is 11.8. The minimum atomic E-state index is -1.18. The van der Waals surface area contributed by atoms with Crippen LogP contribution in [0.3, 0.4) is 0 Å². The summed E-state index contributed by atoms with van der Waals surface area (Å²) in [4.78, 5) is 24.0. The van der Waals surface area contributed by atoms with E-state index >= 15 is 0 Å². The molecule has 108 valence electrons. The molecule has 0 unspecified atom stereocenters. The van der Waals surface area contributed by atoms with E-state index in [1.807, 2.05) is 0 Å². The summed E-state index contributed by atoms with van der Waals surface area (Å²) in [5.74, 6) is -1.72. The Labute approximate surface area is 122 Å². The van der Waals surface area contributed by atoms with Crippen molar-refractivity contribution in [1.82, 2.24) is 4.90 Å².